The van der Waals surface area contributed by atoms with E-state index < -0.39 is 37.7 Å². The lowest BCUT2D eigenvalue weighted by molar-refractivity contribution is -0.125. The van der Waals surface area contributed by atoms with Crippen LogP contribution in [0, 0.1) is 0 Å². The number of carbonyl (C=O) groups is 2. The van der Waals surface area contributed by atoms with Gasteiger partial charge in [-0.2, -0.15) is 0 Å². The van der Waals surface area contributed by atoms with Crippen molar-refractivity contribution in [2.75, 3.05) is 0 Å². The Bertz CT molecular complexity index is 301. The Morgan fingerprint density at radius 2 is 1.87 bits per heavy atom. The monoisotopic (exact) mass is 239 g/mol. The Morgan fingerprint density at radius 1 is 1.40 bits per heavy atom. The van der Waals surface area contributed by atoms with Crippen molar-refractivity contribution in [3.8, 4) is 0 Å². The number of rotatable bonds is 6. The standard InChI is InChI=1S/C6H14N3O5P/c1-3(15(12,13)14)9-4(6(8)11)2-5(7)10/h3-4,9H,2H2,1H3,(H2,7,10)(H2,8,11)(H2,12,13,14). The van der Waals surface area contributed by atoms with Crippen LogP contribution in [0.1, 0.15) is 13.3 Å². The summed E-state index contributed by atoms with van der Waals surface area (Å²) in [6, 6.07) is -1.18. The van der Waals surface area contributed by atoms with E-state index in [9.17, 15) is 14.2 Å². The van der Waals surface area contributed by atoms with Crippen LogP contribution in [0.15, 0.2) is 0 Å². The van der Waals surface area contributed by atoms with E-state index >= 15 is 0 Å². The molecule has 2 amide bonds. The molecule has 9 heteroatoms. The summed E-state index contributed by atoms with van der Waals surface area (Å²) in [5.74, 6) is -2.95. The topological polar surface area (TPSA) is 156 Å². The third kappa shape index (κ3) is 5.48. The maximum absolute atomic E-state index is 10.8. The molecule has 88 valence electrons. The highest BCUT2D eigenvalue weighted by atomic mass is 31.2. The zero-order chi connectivity index (χ0) is 12.2. The van der Waals surface area contributed by atoms with E-state index in [1.54, 1.807) is 0 Å². The second kappa shape index (κ2) is 5.22. The first-order valence-corrected chi connectivity index (χ1v) is 5.71. The lowest BCUT2D eigenvalue weighted by Crippen LogP contribution is -2.47. The van der Waals surface area contributed by atoms with Gasteiger partial charge in [0.25, 0.3) is 0 Å². The fourth-order valence-electron chi connectivity index (χ4n) is 0.831. The third-order valence-electron chi connectivity index (χ3n) is 1.70. The molecule has 0 saturated carbocycles. The summed E-state index contributed by atoms with van der Waals surface area (Å²) in [5, 5.41) is 2.25. The molecule has 0 spiro atoms. The van der Waals surface area contributed by atoms with Crippen molar-refractivity contribution >= 4 is 19.4 Å². The molecule has 0 aliphatic heterocycles. The number of hydrogen-bond acceptors (Lipinski definition) is 4. The second-order valence-corrected chi connectivity index (χ2v) is 5.01. The maximum Gasteiger partial charge on any atom is 0.342 e. The van der Waals surface area contributed by atoms with Crippen LogP contribution in [0.3, 0.4) is 0 Å². The molecule has 0 aromatic rings. The third-order valence-corrected chi connectivity index (χ3v) is 2.85. The fourth-order valence-corrected chi connectivity index (χ4v) is 1.21. The van der Waals surface area contributed by atoms with Gasteiger partial charge in [-0.1, -0.05) is 0 Å². The molecule has 15 heavy (non-hydrogen) atoms. The highest BCUT2D eigenvalue weighted by Gasteiger charge is 2.29. The average Bonchev–Trinajstić information content (AvgIpc) is 1.99. The summed E-state index contributed by atoms with van der Waals surface area (Å²) in [4.78, 5) is 38.8. The normalized spacial score (nSPS) is 15.7. The van der Waals surface area contributed by atoms with Gasteiger partial charge >= 0.3 is 7.60 Å². The number of carbonyl (C=O) groups excluding carboxylic acids is 2. The molecule has 8 nitrogen and oxygen atoms in total. The summed E-state index contributed by atoms with van der Waals surface area (Å²) in [7, 11) is -4.36. The van der Waals surface area contributed by atoms with Crippen LogP contribution in [0.4, 0.5) is 0 Å². The van der Waals surface area contributed by atoms with Gasteiger partial charge < -0.3 is 21.3 Å². The van der Waals surface area contributed by atoms with Crippen molar-refractivity contribution in [1.29, 1.82) is 0 Å². The minimum Gasteiger partial charge on any atom is -0.370 e. The maximum atomic E-state index is 10.8. The first-order valence-electron chi connectivity index (χ1n) is 4.03. The number of amides is 2. The molecule has 0 aromatic heterocycles. The summed E-state index contributed by atoms with van der Waals surface area (Å²) >= 11 is 0. The number of hydrogen-bond donors (Lipinski definition) is 5. The van der Waals surface area contributed by atoms with Crippen molar-refractivity contribution in [2.45, 2.75) is 25.2 Å². The van der Waals surface area contributed by atoms with Crippen molar-refractivity contribution < 1.29 is 23.9 Å². The number of primary amides is 2. The van der Waals surface area contributed by atoms with E-state index in [1.165, 1.54) is 6.92 Å². The van der Waals surface area contributed by atoms with Crippen molar-refractivity contribution in [3.05, 3.63) is 0 Å². The Labute approximate surface area is 86.2 Å². The van der Waals surface area contributed by atoms with E-state index in [2.05, 4.69) is 5.32 Å². The summed E-state index contributed by atoms with van der Waals surface area (Å²) in [6.45, 7) is 1.18. The van der Waals surface area contributed by atoms with Crippen LogP contribution in [-0.2, 0) is 14.2 Å². The molecular formula is C6H14N3O5P. The summed E-state index contributed by atoms with van der Waals surface area (Å²) < 4.78 is 10.7. The van der Waals surface area contributed by atoms with Crippen LogP contribution >= 0.6 is 7.60 Å². The van der Waals surface area contributed by atoms with Gasteiger partial charge in [-0.05, 0) is 6.92 Å². The Hall–Kier alpha value is -0.950. The van der Waals surface area contributed by atoms with Gasteiger partial charge in [0, 0.05) is 0 Å². The van der Waals surface area contributed by atoms with Crippen LogP contribution in [-0.4, -0.2) is 33.4 Å². The minimum absolute atomic E-state index is 0.403. The highest BCUT2D eigenvalue weighted by molar-refractivity contribution is 7.52. The van der Waals surface area contributed by atoms with Gasteiger partial charge in [-0.3, -0.25) is 19.5 Å². The van der Waals surface area contributed by atoms with Crippen molar-refractivity contribution in [2.24, 2.45) is 11.5 Å². The van der Waals surface area contributed by atoms with Crippen LogP contribution in [0.5, 0.6) is 0 Å². The first kappa shape index (κ1) is 14.1. The van der Waals surface area contributed by atoms with E-state index in [0.29, 0.717) is 0 Å². The molecule has 7 N–H and O–H groups in total. The van der Waals surface area contributed by atoms with Gasteiger partial charge in [0.1, 0.15) is 5.78 Å². The molecule has 0 radical (unpaired) electrons. The predicted octanol–water partition coefficient (Wildman–Crippen LogP) is -2.17. The molecule has 0 aliphatic rings. The van der Waals surface area contributed by atoms with E-state index in [-0.39, 0.29) is 0 Å². The summed E-state index contributed by atoms with van der Waals surface area (Å²) in [6.07, 6.45) is -0.403. The molecule has 2 unspecified atom stereocenters. The quantitative estimate of drug-likeness (QED) is 0.332. The van der Waals surface area contributed by atoms with Crippen LogP contribution < -0.4 is 16.8 Å². The second-order valence-electron chi connectivity index (χ2n) is 3.06. The van der Waals surface area contributed by atoms with Crippen LogP contribution in [0.2, 0.25) is 0 Å². The highest BCUT2D eigenvalue weighted by Crippen LogP contribution is 2.39. The minimum atomic E-state index is -4.36. The fraction of sp³-hybridized carbons (Fsp3) is 0.667. The van der Waals surface area contributed by atoms with Crippen molar-refractivity contribution in [1.82, 2.24) is 5.32 Å². The van der Waals surface area contributed by atoms with E-state index in [1.807, 2.05) is 0 Å². The zero-order valence-corrected chi connectivity index (χ0v) is 8.98. The van der Waals surface area contributed by atoms with Gasteiger partial charge in [0.2, 0.25) is 11.8 Å². The molecule has 0 aromatic carbocycles. The molecule has 0 aliphatic carbocycles. The molecular weight excluding hydrogens is 225 g/mol. The number of nitrogens with one attached hydrogen (secondary N) is 1. The van der Waals surface area contributed by atoms with Gasteiger partial charge in [0.05, 0.1) is 12.5 Å². The van der Waals surface area contributed by atoms with Gasteiger partial charge in [-0.25, -0.2) is 0 Å². The Kier molecular flexibility index (Phi) is 4.89. The van der Waals surface area contributed by atoms with E-state index in [0.717, 1.165) is 0 Å². The molecule has 0 saturated heterocycles. The molecule has 0 bridgehead atoms. The van der Waals surface area contributed by atoms with Crippen molar-refractivity contribution in [3.63, 3.8) is 0 Å². The molecule has 0 rings (SSSR count). The Morgan fingerprint density at radius 3 is 2.13 bits per heavy atom. The first-order chi connectivity index (χ1) is 6.64. The molecule has 0 fully saturated rings. The molecule has 2 atom stereocenters. The lowest BCUT2D eigenvalue weighted by atomic mass is 10.2. The largest absolute Gasteiger partial charge is 0.370 e. The predicted molar refractivity (Wildman–Crippen MR) is 51.4 cm³/mol. The van der Waals surface area contributed by atoms with Gasteiger partial charge in [-0.15, -0.1) is 0 Å². The van der Waals surface area contributed by atoms with Crippen LogP contribution in [0.25, 0.3) is 0 Å². The van der Waals surface area contributed by atoms with E-state index in [4.69, 9.17) is 21.3 Å². The lowest BCUT2D eigenvalue weighted by Gasteiger charge is -2.20. The SMILES string of the molecule is CC(NC(CC(N)=O)C(N)=O)P(=O)(O)O. The number of nitrogens with two attached hydrogens (primary N) is 2. The average molecular weight is 239 g/mol. The summed E-state index contributed by atoms with van der Waals surface area (Å²) in [5.41, 5.74) is 9.75. The smallest absolute Gasteiger partial charge is 0.342 e. The Balaban J connectivity index is 4.49. The molecule has 0 heterocycles. The van der Waals surface area contributed by atoms with Gasteiger partial charge in [0.15, 0.2) is 0 Å². The zero-order valence-electron chi connectivity index (χ0n) is 8.08.